The van der Waals surface area contributed by atoms with Gasteiger partial charge in [0, 0.05) is 24.1 Å². The molecule has 16 heavy (non-hydrogen) atoms. The fourth-order valence-corrected chi connectivity index (χ4v) is 2.40. The molecule has 0 radical (unpaired) electrons. The molecule has 0 saturated heterocycles. The van der Waals surface area contributed by atoms with Gasteiger partial charge >= 0.3 is 0 Å². The molecule has 3 nitrogen and oxygen atoms in total. The minimum Gasteiger partial charge on any atom is -0.497 e. The highest BCUT2D eigenvalue weighted by atomic mass is 16.5. The number of fused-ring (bicyclic) bond motifs is 1. The number of rotatable bonds is 2. The zero-order valence-corrected chi connectivity index (χ0v) is 9.48. The Balaban J connectivity index is 1.91. The molecule has 0 aromatic heterocycles. The van der Waals surface area contributed by atoms with Gasteiger partial charge < -0.3 is 15.2 Å². The van der Waals surface area contributed by atoms with Crippen LogP contribution in [-0.2, 0) is 0 Å². The molecule has 0 spiro atoms. The van der Waals surface area contributed by atoms with Crippen molar-refractivity contribution in [1.82, 2.24) is 0 Å². The first kappa shape index (κ1) is 9.97. The van der Waals surface area contributed by atoms with Crippen LogP contribution in [0.3, 0.4) is 0 Å². The largest absolute Gasteiger partial charge is 0.497 e. The van der Waals surface area contributed by atoms with E-state index in [0.29, 0.717) is 6.10 Å². The van der Waals surface area contributed by atoms with E-state index in [0.717, 1.165) is 29.4 Å². The zero-order valence-electron chi connectivity index (χ0n) is 9.48. The summed E-state index contributed by atoms with van der Waals surface area (Å²) in [5, 5.41) is 0. The Kier molecular flexibility index (Phi) is 2.28. The molecule has 0 bridgehead atoms. The van der Waals surface area contributed by atoms with E-state index in [1.165, 1.54) is 12.8 Å². The molecule has 3 rings (SSSR count). The summed E-state index contributed by atoms with van der Waals surface area (Å²) in [6.45, 7) is 0. The Labute approximate surface area is 95.5 Å². The van der Waals surface area contributed by atoms with Crippen LogP contribution in [-0.4, -0.2) is 13.2 Å². The maximum atomic E-state index is 6.17. The van der Waals surface area contributed by atoms with Crippen LogP contribution in [0.4, 0.5) is 0 Å². The molecule has 2 aliphatic rings. The maximum Gasteiger partial charge on any atom is 0.128 e. The molecule has 1 aromatic rings. The predicted octanol–water partition coefficient (Wildman–Crippen LogP) is 2.26. The molecule has 2 N–H and O–H groups in total. The lowest BCUT2D eigenvalue weighted by atomic mass is 9.95. The fourth-order valence-electron chi connectivity index (χ4n) is 2.40. The summed E-state index contributed by atoms with van der Waals surface area (Å²) in [6.07, 6.45) is 3.84. The first-order valence-corrected chi connectivity index (χ1v) is 5.88. The summed E-state index contributed by atoms with van der Waals surface area (Å²) in [6, 6.07) is 6.02. The van der Waals surface area contributed by atoms with E-state index in [1.807, 2.05) is 18.2 Å². The van der Waals surface area contributed by atoms with Crippen LogP contribution in [0.1, 0.15) is 30.9 Å². The van der Waals surface area contributed by atoms with Crippen LogP contribution < -0.4 is 15.2 Å². The highest BCUT2D eigenvalue weighted by Gasteiger charge is 2.37. The van der Waals surface area contributed by atoms with Crippen molar-refractivity contribution in [2.24, 2.45) is 11.7 Å². The molecule has 1 heterocycles. The highest BCUT2D eigenvalue weighted by molar-refractivity contribution is 5.44. The fraction of sp³-hybridized carbons (Fsp3) is 0.538. The molecule has 1 unspecified atom stereocenters. The van der Waals surface area contributed by atoms with E-state index in [1.54, 1.807) is 7.11 Å². The lowest BCUT2D eigenvalue weighted by Gasteiger charge is -2.30. The summed E-state index contributed by atoms with van der Waals surface area (Å²) in [4.78, 5) is 0. The van der Waals surface area contributed by atoms with Crippen molar-refractivity contribution < 1.29 is 9.47 Å². The average molecular weight is 219 g/mol. The van der Waals surface area contributed by atoms with Gasteiger partial charge in [0.2, 0.25) is 0 Å². The molecule has 1 fully saturated rings. The van der Waals surface area contributed by atoms with E-state index in [-0.39, 0.29) is 6.04 Å². The molecule has 2 atom stereocenters. The second-order valence-electron chi connectivity index (χ2n) is 4.74. The van der Waals surface area contributed by atoms with Crippen molar-refractivity contribution in [1.29, 1.82) is 0 Å². The van der Waals surface area contributed by atoms with Crippen molar-refractivity contribution in [3.63, 3.8) is 0 Å². The minimum atomic E-state index is 0.111. The zero-order chi connectivity index (χ0) is 11.1. The molecule has 1 aliphatic heterocycles. The minimum absolute atomic E-state index is 0.111. The maximum absolute atomic E-state index is 6.17. The van der Waals surface area contributed by atoms with Gasteiger partial charge in [0.15, 0.2) is 0 Å². The van der Waals surface area contributed by atoms with Gasteiger partial charge in [-0.05, 0) is 24.8 Å². The van der Waals surface area contributed by atoms with Gasteiger partial charge in [-0.1, -0.05) is 6.07 Å². The van der Waals surface area contributed by atoms with E-state index in [9.17, 15) is 0 Å². The number of hydrogen-bond acceptors (Lipinski definition) is 3. The monoisotopic (exact) mass is 219 g/mol. The normalized spacial score (nSPS) is 28.1. The Morgan fingerprint density at radius 1 is 1.38 bits per heavy atom. The molecule has 1 aliphatic carbocycles. The number of nitrogens with two attached hydrogens (primary N) is 1. The molecule has 3 heteroatoms. The van der Waals surface area contributed by atoms with Gasteiger partial charge in [-0.3, -0.25) is 0 Å². The summed E-state index contributed by atoms with van der Waals surface area (Å²) in [7, 11) is 1.67. The number of methoxy groups -OCH3 is 1. The second-order valence-corrected chi connectivity index (χ2v) is 4.74. The Bertz CT molecular complexity index is 401. The Morgan fingerprint density at radius 2 is 2.19 bits per heavy atom. The lowest BCUT2D eigenvalue weighted by Crippen LogP contribution is -2.30. The van der Waals surface area contributed by atoms with Crippen LogP contribution in [0.15, 0.2) is 18.2 Å². The van der Waals surface area contributed by atoms with Crippen molar-refractivity contribution in [3.05, 3.63) is 23.8 Å². The van der Waals surface area contributed by atoms with Crippen LogP contribution in [0.2, 0.25) is 0 Å². The summed E-state index contributed by atoms with van der Waals surface area (Å²) in [5.74, 6) is 2.47. The summed E-state index contributed by atoms with van der Waals surface area (Å²) < 4.78 is 11.2. The molecule has 1 aromatic carbocycles. The van der Waals surface area contributed by atoms with Crippen molar-refractivity contribution in [3.8, 4) is 11.5 Å². The second kappa shape index (κ2) is 3.67. The molecule has 86 valence electrons. The third-order valence-corrected chi connectivity index (χ3v) is 3.53. The van der Waals surface area contributed by atoms with Crippen molar-refractivity contribution in [2.75, 3.05) is 7.11 Å². The van der Waals surface area contributed by atoms with Crippen LogP contribution in [0, 0.1) is 5.92 Å². The molecular formula is C13H17NO2. The van der Waals surface area contributed by atoms with Gasteiger partial charge in [-0.2, -0.15) is 0 Å². The van der Waals surface area contributed by atoms with Crippen LogP contribution in [0.5, 0.6) is 11.5 Å². The smallest absolute Gasteiger partial charge is 0.128 e. The van der Waals surface area contributed by atoms with E-state index in [2.05, 4.69) is 0 Å². The first-order valence-electron chi connectivity index (χ1n) is 5.88. The average Bonchev–Trinajstić information content (AvgIpc) is 3.12. The third kappa shape index (κ3) is 1.65. The van der Waals surface area contributed by atoms with Gasteiger partial charge in [-0.15, -0.1) is 0 Å². The topological polar surface area (TPSA) is 44.5 Å². The quantitative estimate of drug-likeness (QED) is 0.829. The molecular weight excluding hydrogens is 202 g/mol. The standard InChI is InChI=1S/C13H17NO2/c1-15-9-4-5-10-11(14)7-12(8-2-3-8)16-13(10)6-9/h4-6,8,11-12H,2-3,7,14H2,1H3/t11-,12?/m0/s1. The first-order chi connectivity index (χ1) is 7.78. The van der Waals surface area contributed by atoms with Crippen LogP contribution in [0.25, 0.3) is 0 Å². The number of hydrogen-bond donors (Lipinski definition) is 1. The third-order valence-electron chi connectivity index (χ3n) is 3.53. The number of ether oxygens (including phenoxy) is 2. The number of benzene rings is 1. The summed E-state index contributed by atoms with van der Waals surface area (Å²) >= 11 is 0. The van der Waals surface area contributed by atoms with E-state index in [4.69, 9.17) is 15.2 Å². The van der Waals surface area contributed by atoms with E-state index < -0.39 is 0 Å². The van der Waals surface area contributed by atoms with Gasteiger partial charge in [0.25, 0.3) is 0 Å². The highest BCUT2D eigenvalue weighted by Crippen LogP contribution is 2.44. The van der Waals surface area contributed by atoms with Crippen molar-refractivity contribution >= 4 is 0 Å². The van der Waals surface area contributed by atoms with E-state index >= 15 is 0 Å². The SMILES string of the molecule is COc1ccc2c(c1)OC(C1CC1)C[C@@H]2N. The summed E-state index contributed by atoms with van der Waals surface area (Å²) in [5.41, 5.74) is 7.28. The van der Waals surface area contributed by atoms with Gasteiger partial charge in [-0.25, -0.2) is 0 Å². The Hall–Kier alpha value is -1.22. The van der Waals surface area contributed by atoms with Crippen molar-refractivity contribution in [2.45, 2.75) is 31.4 Å². The molecule has 0 amide bonds. The molecule has 1 saturated carbocycles. The van der Waals surface area contributed by atoms with Gasteiger partial charge in [0.1, 0.15) is 17.6 Å². The van der Waals surface area contributed by atoms with Crippen LogP contribution >= 0.6 is 0 Å². The Morgan fingerprint density at radius 3 is 2.88 bits per heavy atom. The lowest BCUT2D eigenvalue weighted by molar-refractivity contribution is 0.137. The van der Waals surface area contributed by atoms with Gasteiger partial charge in [0.05, 0.1) is 7.11 Å². The predicted molar refractivity (Wildman–Crippen MR) is 61.7 cm³/mol.